The summed E-state index contributed by atoms with van der Waals surface area (Å²) in [6.45, 7) is 5.34. The zero-order chi connectivity index (χ0) is 17.6. The molecule has 25 heavy (non-hydrogen) atoms. The van der Waals surface area contributed by atoms with Crippen molar-refractivity contribution in [1.82, 2.24) is 15.0 Å². The number of hydrogen-bond acceptors (Lipinski definition) is 5. The Hall–Kier alpha value is -2.37. The lowest BCUT2D eigenvalue weighted by molar-refractivity contribution is -0.132. The van der Waals surface area contributed by atoms with Crippen molar-refractivity contribution in [2.24, 2.45) is 0 Å². The molecule has 6 heteroatoms. The third-order valence-corrected chi connectivity index (χ3v) is 4.44. The SMILES string of the molecule is CCCOc1ccc(CCC(=O)N2CCCC2c2noc(C)n2)cc1. The van der Waals surface area contributed by atoms with Gasteiger partial charge in [0.1, 0.15) is 5.75 Å². The van der Waals surface area contributed by atoms with Crippen molar-refractivity contribution in [3.8, 4) is 5.75 Å². The van der Waals surface area contributed by atoms with Crippen molar-refractivity contribution < 1.29 is 14.1 Å². The molecule has 0 aliphatic carbocycles. The van der Waals surface area contributed by atoms with Crippen LogP contribution in [-0.4, -0.2) is 34.1 Å². The van der Waals surface area contributed by atoms with E-state index in [1.54, 1.807) is 6.92 Å². The van der Waals surface area contributed by atoms with Crippen molar-refractivity contribution >= 4 is 5.91 Å². The lowest BCUT2D eigenvalue weighted by atomic mass is 10.1. The number of likely N-dealkylation sites (tertiary alicyclic amines) is 1. The van der Waals surface area contributed by atoms with E-state index in [1.807, 2.05) is 29.2 Å². The van der Waals surface area contributed by atoms with Crippen LogP contribution in [0, 0.1) is 6.92 Å². The normalized spacial score (nSPS) is 17.0. The maximum absolute atomic E-state index is 12.6. The first-order chi connectivity index (χ1) is 12.2. The summed E-state index contributed by atoms with van der Waals surface area (Å²) in [5.74, 6) is 2.20. The van der Waals surface area contributed by atoms with Gasteiger partial charge in [0.05, 0.1) is 12.6 Å². The van der Waals surface area contributed by atoms with Crippen LogP contribution in [0.15, 0.2) is 28.8 Å². The van der Waals surface area contributed by atoms with Gasteiger partial charge < -0.3 is 14.2 Å². The second-order valence-corrected chi connectivity index (χ2v) is 6.41. The van der Waals surface area contributed by atoms with Gasteiger partial charge in [0.25, 0.3) is 0 Å². The van der Waals surface area contributed by atoms with Crippen LogP contribution in [0.3, 0.4) is 0 Å². The Morgan fingerprint density at radius 1 is 1.36 bits per heavy atom. The van der Waals surface area contributed by atoms with Crippen LogP contribution in [0.25, 0.3) is 0 Å². The van der Waals surface area contributed by atoms with E-state index >= 15 is 0 Å². The molecule has 1 saturated heterocycles. The van der Waals surface area contributed by atoms with Gasteiger partial charge in [-0.1, -0.05) is 24.2 Å². The van der Waals surface area contributed by atoms with Crippen LogP contribution in [0.4, 0.5) is 0 Å². The molecule has 1 unspecified atom stereocenters. The van der Waals surface area contributed by atoms with E-state index in [4.69, 9.17) is 9.26 Å². The molecule has 2 heterocycles. The minimum Gasteiger partial charge on any atom is -0.494 e. The smallest absolute Gasteiger partial charge is 0.223 e. The molecule has 1 aliphatic heterocycles. The lowest BCUT2D eigenvalue weighted by Crippen LogP contribution is -2.31. The molecule has 2 aromatic rings. The van der Waals surface area contributed by atoms with E-state index in [9.17, 15) is 4.79 Å². The fraction of sp³-hybridized carbons (Fsp3) is 0.526. The van der Waals surface area contributed by atoms with Gasteiger partial charge in [0.2, 0.25) is 11.8 Å². The number of aromatic nitrogens is 2. The highest BCUT2D eigenvalue weighted by atomic mass is 16.5. The molecule has 0 bridgehead atoms. The van der Waals surface area contributed by atoms with Crippen molar-refractivity contribution in [2.75, 3.05) is 13.2 Å². The molecule has 0 saturated carbocycles. The summed E-state index contributed by atoms with van der Waals surface area (Å²) in [6.07, 6.45) is 4.08. The highest BCUT2D eigenvalue weighted by molar-refractivity contribution is 5.77. The zero-order valence-corrected chi connectivity index (χ0v) is 14.9. The van der Waals surface area contributed by atoms with Crippen LogP contribution in [-0.2, 0) is 11.2 Å². The van der Waals surface area contributed by atoms with Crippen molar-refractivity contribution in [2.45, 2.75) is 52.0 Å². The first-order valence-electron chi connectivity index (χ1n) is 8.98. The maximum Gasteiger partial charge on any atom is 0.223 e. The maximum atomic E-state index is 12.6. The summed E-state index contributed by atoms with van der Waals surface area (Å²) < 4.78 is 10.6. The molecule has 1 fully saturated rings. The Bertz CT molecular complexity index is 696. The average Bonchev–Trinajstić information content (AvgIpc) is 3.27. The molecule has 134 valence electrons. The summed E-state index contributed by atoms with van der Waals surface area (Å²) in [5, 5.41) is 3.99. The predicted octanol–water partition coefficient (Wildman–Crippen LogP) is 3.46. The molecular weight excluding hydrogens is 318 g/mol. The van der Waals surface area contributed by atoms with E-state index in [2.05, 4.69) is 17.1 Å². The lowest BCUT2D eigenvalue weighted by Gasteiger charge is -2.22. The van der Waals surface area contributed by atoms with Gasteiger partial charge in [0.15, 0.2) is 5.82 Å². The van der Waals surface area contributed by atoms with E-state index < -0.39 is 0 Å². The fourth-order valence-electron chi connectivity index (χ4n) is 3.15. The predicted molar refractivity (Wildman–Crippen MR) is 93.3 cm³/mol. The van der Waals surface area contributed by atoms with E-state index in [-0.39, 0.29) is 11.9 Å². The molecule has 1 amide bonds. The van der Waals surface area contributed by atoms with Crippen LogP contribution >= 0.6 is 0 Å². The van der Waals surface area contributed by atoms with Gasteiger partial charge in [-0.25, -0.2) is 0 Å². The Kier molecular flexibility index (Phi) is 5.68. The Labute approximate surface area is 148 Å². The number of amides is 1. The van der Waals surface area contributed by atoms with Gasteiger partial charge in [-0.05, 0) is 43.4 Å². The molecule has 0 spiro atoms. The molecule has 3 rings (SSSR count). The van der Waals surface area contributed by atoms with Crippen LogP contribution < -0.4 is 4.74 Å². The van der Waals surface area contributed by atoms with Crippen LogP contribution in [0.2, 0.25) is 0 Å². The van der Waals surface area contributed by atoms with Crippen molar-refractivity contribution in [1.29, 1.82) is 0 Å². The number of benzene rings is 1. The number of rotatable bonds is 7. The first kappa shape index (κ1) is 17.5. The summed E-state index contributed by atoms with van der Waals surface area (Å²) in [4.78, 5) is 18.8. The van der Waals surface area contributed by atoms with E-state index in [1.165, 1.54) is 0 Å². The average molecular weight is 343 g/mol. The number of aryl methyl sites for hydroxylation is 2. The zero-order valence-electron chi connectivity index (χ0n) is 14.9. The molecule has 1 atom stereocenters. The van der Waals surface area contributed by atoms with Gasteiger partial charge in [0, 0.05) is 19.9 Å². The number of carbonyl (C=O) groups excluding carboxylic acids is 1. The van der Waals surface area contributed by atoms with E-state index in [0.29, 0.717) is 18.1 Å². The second kappa shape index (κ2) is 8.14. The van der Waals surface area contributed by atoms with E-state index in [0.717, 1.165) is 50.1 Å². The van der Waals surface area contributed by atoms with Gasteiger partial charge in [-0.3, -0.25) is 4.79 Å². The minimum absolute atomic E-state index is 0.0465. The summed E-state index contributed by atoms with van der Waals surface area (Å²) in [7, 11) is 0. The third kappa shape index (κ3) is 4.38. The summed E-state index contributed by atoms with van der Waals surface area (Å²) in [6, 6.07) is 7.95. The molecule has 0 radical (unpaired) electrons. The number of hydrogen-bond donors (Lipinski definition) is 0. The largest absolute Gasteiger partial charge is 0.494 e. The van der Waals surface area contributed by atoms with Gasteiger partial charge in [-0.2, -0.15) is 4.98 Å². The molecule has 1 aromatic heterocycles. The number of carbonyl (C=O) groups is 1. The Morgan fingerprint density at radius 2 is 2.16 bits per heavy atom. The molecule has 6 nitrogen and oxygen atoms in total. The van der Waals surface area contributed by atoms with Crippen LogP contribution in [0.1, 0.15) is 55.9 Å². The molecule has 1 aliphatic rings. The molecular formula is C19H25N3O3. The quantitative estimate of drug-likeness (QED) is 0.770. The summed E-state index contributed by atoms with van der Waals surface area (Å²) in [5.41, 5.74) is 1.14. The third-order valence-electron chi connectivity index (χ3n) is 4.44. The molecule has 0 N–H and O–H groups in total. The van der Waals surface area contributed by atoms with Gasteiger partial charge >= 0.3 is 0 Å². The summed E-state index contributed by atoms with van der Waals surface area (Å²) >= 11 is 0. The highest BCUT2D eigenvalue weighted by Crippen LogP contribution is 2.30. The fourth-order valence-corrected chi connectivity index (χ4v) is 3.15. The monoisotopic (exact) mass is 343 g/mol. The Balaban J connectivity index is 1.55. The van der Waals surface area contributed by atoms with Crippen molar-refractivity contribution in [3.63, 3.8) is 0 Å². The minimum atomic E-state index is -0.0465. The standard InChI is InChI=1S/C19H25N3O3/c1-3-13-24-16-9-6-15(7-10-16)8-11-18(23)22-12-4-5-17(22)19-20-14(2)25-21-19/h6-7,9-10,17H,3-5,8,11-13H2,1-2H3. The topological polar surface area (TPSA) is 68.5 Å². The number of ether oxygens (including phenoxy) is 1. The first-order valence-corrected chi connectivity index (χ1v) is 8.98. The van der Waals surface area contributed by atoms with Crippen LogP contribution in [0.5, 0.6) is 5.75 Å². The second-order valence-electron chi connectivity index (χ2n) is 6.41. The van der Waals surface area contributed by atoms with Crippen molar-refractivity contribution in [3.05, 3.63) is 41.5 Å². The number of nitrogens with zero attached hydrogens (tertiary/aromatic N) is 3. The Morgan fingerprint density at radius 3 is 2.84 bits per heavy atom. The molecule has 1 aromatic carbocycles. The highest BCUT2D eigenvalue weighted by Gasteiger charge is 2.32. The van der Waals surface area contributed by atoms with Gasteiger partial charge in [-0.15, -0.1) is 0 Å².